The molecule has 2 aromatic carbocycles. The van der Waals surface area contributed by atoms with Gasteiger partial charge in [0.2, 0.25) is 0 Å². The van der Waals surface area contributed by atoms with Gasteiger partial charge < -0.3 is 5.73 Å². The standard InChI is InChI=1S/C15H17NS/c1-11-6-3-4-7-13(11)10-17-15-9-5-8-14(16)12(15)2/h3-9H,10,16H2,1-2H3. The predicted molar refractivity (Wildman–Crippen MR) is 76.3 cm³/mol. The summed E-state index contributed by atoms with van der Waals surface area (Å²) in [7, 11) is 0. The molecule has 0 saturated carbocycles. The molecule has 0 aromatic heterocycles. The largest absolute Gasteiger partial charge is 0.398 e. The summed E-state index contributed by atoms with van der Waals surface area (Å²) >= 11 is 1.85. The number of rotatable bonds is 3. The van der Waals surface area contributed by atoms with E-state index >= 15 is 0 Å². The molecule has 2 rings (SSSR count). The highest BCUT2D eigenvalue weighted by Gasteiger charge is 2.03. The molecule has 0 atom stereocenters. The summed E-state index contributed by atoms with van der Waals surface area (Å²) in [5.41, 5.74) is 10.7. The van der Waals surface area contributed by atoms with Crippen LogP contribution in [0.3, 0.4) is 0 Å². The number of benzene rings is 2. The zero-order valence-corrected chi connectivity index (χ0v) is 11.1. The molecule has 0 radical (unpaired) electrons. The summed E-state index contributed by atoms with van der Waals surface area (Å²) in [6, 6.07) is 14.6. The Kier molecular flexibility index (Phi) is 3.75. The third-order valence-electron chi connectivity index (χ3n) is 2.97. The highest BCUT2D eigenvalue weighted by atomic mass is 32.2. The van der Waals surface area contributed by atoms with Crippen molar-refractivity contribution < 1.29 is 0 Å². The number of anilines is 1. The summed E-state index contributed by atoms with van der Waals surface area (Å²) in [5.74, 6) is 0.997. The second kappa shape index (κ2) is 5.28. The van der Waals surface area contributed by atoms with Crippen molar-refractivity contribution in [3.8, 4) is 0 Å². The van der Waals surface area contributed by atoms with E-state index in [0.29, 0.717) is 0 Å². The van der Waals surface area contributed by atoms with Crippen molar-refractivity contribution in [1.82, 2.24) is 0 Å². The van der Waals surface area contributed by atoms with Crippen molar-refractivity contribution in [2.75, 3.05) is 5.73 Å². The molecular formula is C15H17NS. The van der Waals surface area contributed by atoms with Crippen LogP contribution in [-0.4, -0.2) is 0 Å². The Labute approximate surface area is 107 Å². The van der Waals surface area contributed by atoms with Crippen molar-refractivity contribution in [3.63, 3.8) is 0 Å². The second-order valence-electron chi connectivity index (χ2n) is 4.19. The van der Waals surface area contributed by atoms with E-state index in [2.05, 4.69) is 44.2 Å². The fourth-order valence-corrected chi connectivity index (χ4v) is 2.86. The molecule has 2 heteroatoms. The van der Waals surface area contributed by atoms with E-state index in [4.69, 9.17) is 5.73 Å². The van der Waals surface area contributed by atoms with Crippen LogP contribution in [0.2, 0.25) is 0 Å². The Bertz CT molecular complexity index is 520. The van der Waals surface area contributed by atoms with E-state index < -0.39 is 0 Å². The molecule has 2 N–H and O–H groups in total. The van der Waals surface area contributed by atoms with Crippen molar-refractivity contribution in [2.24, 2.45) is 0 Å². The van der Waals surface area contributed by atoms with Gasteiger partial charge >= 0.3 is 0 Å². The molecule has 0 saturated heterocycles. The first kappa shape index (κ1) is 12.1. The molecule has 0 unspecified atom stereocenters. The van der Waals surface area contributed by atoms with Crippen LogP contribution in [0, 0.1) is 13.8 Å². The lowest BCUT2D eigenvalue weighted by atomic mass is 10.1. The zero-order chi connectivity index (χ0) is 12.3. The first-order valence-electron chi connectivity index (χ1n) is 5.71. The third-order valence-corrected chi connectivity index (χ3v) is 4.18. The van der Waals surface area contributed by atoms with E-state index in [1.54, 1.807) is 0 Å². The molecule has 0 aliphatic heterocycles. The first-order valence-corrected chi connectivity index (χ1v) is 6.69. The van der Waals surface area contributed by atoms with Gasteiger partial charge in [0.1, 0.15) is 0 Å². The quantitative estimate of drug-likeness (QED) is 0.646. The van der Waals surface area contributed by atoms with Crippen LogP contribution in [0.1, 0.15) is 16.7 Å². The van der Waals surface area contributed by atoms with Gasteiger partial charge in [0.05, 0.1) is 0 Å². The minimum absolute atomic E-state index is 0.875. The molecular weight excluding hydrogens is 226 g/mol. The lowest BCUT2D eigenvalue weighted by Crippen LogP contribution is -1.91. The highest BCUT2D eigenvalue weighted by molar-refractivity contribution is 7.98. The summed E-state index contributed by atoms with van der Waals surface area (Å²) in [5, 5.41) is 0. The molecule has 0 aliphatic carbocycles. The van der Waals surface area contributed by atoms with Gasteiger partial charge in [-0.15, -0.1) is 11.8 Å². The number of hydrogen-bond acceptors (Lipinski definition) is 2. The maximum atomic E-state index is 5.91. The Morgan fingerprint density at radius 3 is 2.53 bits per heavy atom. The van der Waals surface area contributed by atoms with Crippen LogP contribution in [0.4, 0.5) is 5.69 Å². The van der Waals surface area contributed by atoms with Gasteiger partial charge in [-0.25, -0.2) is 0 Å². The second-order valence-corrected chi connectivity index (χ2v) is 5.20. The lowest BCUT2D eigenvalue weighted by molar-refractivity contribution is 1.27. The topological polar surface area (TPSA) is 26.0 Å². The summed E-state index contributed by atoms with van der Waals surface area (Å²) < 4.78 is 0. The third kappa shape index (κ3) is 2.83. The molecule has 0 spiro atoms. The lowest BCUT2D eigenvalue weighted by Gasteiger charge is -2.09. The van der Waals surface area contributed by atoms with Crippen LogP contribution < -0.4 is 5.73 Å². The van der Waals surface area contributed by atoms with Gasteiger partial charge in [-0.2, -0.15) is 0 Å². The van der Waals surface area contributed by atoms with E-state index in [0.717, 1.165) is 11.4 Å². The van der Waals surface area contributed by atoms with Gasteiger partial charge in [0.25, 0.3) is 0 Å². The summed E-state index contributed by atoms with van der Waals surface area (Å²) in [4.78, 5) is 1.27. The SMILES string of the molecule is Cc1ccccc1CSc1cccc(N)c1C. The van der Waals surface area contributed by atoms with E-state index in [-0.39, 0.29) is 0 Å². The molecule has 0 bridgehead atoms. The summed E-state index contributed by atoms with van der Waals surface area (Å²) in [6.07, 6.45) is 0. The van der Waals surface area contributed by atoms with Crippen molar-refractivity contribution in [3.05, 3.63) is 59.2 Å². The van der Waals surface area contributed by atoms with Gasteiger partial charge in [-0.05, 0) is 42.7 Å². The average Bonchev–Trinajstić information content (AvgIpc) is 2.33. The molecule has 2 aromatic rings. The van der Waals surface area contributed by atoms with Crippen LogP contribution in [0.15, 0.2) is 47.4 Å². The number of nitrogen functional groups attached to an aromatic ring is 1. The van der Waals surface area contributed by atoms with Gasteiger partial charge in [0.15, 0.2) is 0 Å². The average molecular weight is 243 g/mol. The van der Waals surface area contributed by atoms with Crippen LogP contribution in [0.5, 0.6) is 0 Å². The smallest absolute Gasteiger partial charge is 0.0354 e. The van der Waals surface area contributed by atoms with Crippen LogP contribution in [-0.2, 0) is 5.75 Å². The van der Waals surface area contributed by atoms with E-state index in [9.17, 15) is 0 Å². The molecule has 0 heterocycles. The molecule has 0 amide bonds. The fraction of sp³-hybridized carbons (Fsp3) is 0.200. The number of nitrogens with two attached hydrogens (primary N) is 1. The number of aryl methyl sites for hydroxylation is 1. The Balaban J connectivity index is 2.13. The van der Waals surface area contributed by atoms with Crippen molar-refractivity contribution >= 4 is 17.4 Å². The minimum Gasteiger partial charge on any atom is -0.398 e. The number of hydrogen-bond donors (Lipinski definition) is 1. The normalized spacial score (nSPS) is 10.5. The molecule has 88 valence electrons. The molecule has 0 fully saturated rings. The maximum Gasteiger partial charge on any atom is 0.0354 e. The van der Waals surface area contributed by atoms with Gasteiger partial charge in [-0.3, -0.25) is 0 Å². The molecule has 0 aliphatic rings. The van der Waals surface area contributed by atoms with Crippen LogP contribution in [0.25, 0.3) is 0 Å². The Morgan fingerprint density at radius 1 is 1.00 bits per heavy atom. The number of thioether (sulfide) groups is 1. The predicted octanol–water partition coefficient (Wildman–Crippen LogP) is 4.18. The maximum absolute atomic E-state index is 5.91. The summed E-state index contributed by atoms with van der Waals surface area (Å²) in [6.45, 7) is 4.23. The minimum atomic E-state index is 0.875. The zero-order valence-electron chi connectivity index (χ0n) is 10.2. The van der Waals surface area contributed by atoms with Crippen LogP contribution >= 0.6 is 11.8 Å². The van der Waals surface area contributed by atoms with E-state index in [1.165, 1.54) is 21.6 Å². The first-order chi connectivity index (χ1) is 8.18. The molecule has 1 nitrogen and oxygen atoms in total. The van der Waals surface area contributed by atoms with Gasteiger partial charge in [0, 0.05) is 16.3 Å². The molecule has 17 heavy (non-hydrogen) atoms. The van der Waals surface area contributed by atoms with Crippen molar-refractivity contribution in [1.29, 1.82) is 0 Å². The Morgan fingerprint density at radius 2 is 1.76 bits per heavy atom. The fourth-order valence-electron chi connectivity index (χ4n) is 1.72. The van der Waals surface area contributed by atoms with Crippen molar-refractivity contribution in [2.45, 2.75) is 24.5 Å². The Hall–Kier alpha value is -1.41. The van der Waals surface area contributed by atoms with Gasteiger partial charge in [-0.1, -0.05) is 30.3 Å². The monoisotopic (exact) mass is 243 g/mol. The van der Waals surface area contributed by atoms with E-state index in [1.807, 2.05) is 23.9 Å². The highest BCUT2D eigenvalue weighted by Crippen LogP contribution is 2.29.